The number of nitrogens with one attached hydrogen (secondary N) is 1. The van der Waals surface area contributed by atoms with E-state index < -0.39 is 0 Å². The summed E-state index contributed by atoms with van der Waals surface area (Å²) in [5, 5.41) is 5.56. The Morgan fingerprint density at radius 3 is 2.59 bits per heavy atom. The number of anilines is 2. The number of pyridine rings is 1. The third-order valence-electron chi connectivity index (χ3n) is 5.18. The van der Waals surface area contributed by atoms with Gasteiger partial charge in [0.05, 0.1) is 11.9 Å². The van der Waals surface area contributed by atoms with Crippen LogP contribution in [0.2, 0.25) is 0 Å². The highest BCUT2D eigenvalue weighted by Crippen LogP contribution is 2.28. The molecule has 1 aliphatic rings. The van der Waals surface area contributed by atoms with Gasteiger partial charge in [0.2, 0.25) is 0 Å². The Balaban J connectivity index is 1.42. The van der Waals surface area contributed by atoms with E-state index in [0.29, 0.717) is 11.4 Å². The molecule has 150 valence electrons. The van der Waals surface area contributed by atoms with Gasteiger partial charge < -0.3 is 15.1 Å². The van der Waals surface area contributed by atoms with Gasteiger partial charge >= 0.3 is 0 Å². The molecule has 1 fully saturated rings. The fraction of sp³-hybridized carbons (Fsp3) is 0.318. The summed E-state index contributed by atoms with van der Waals surface area (Å²) in [6, 6.07) is 10.1. The maximum absolute atomic E-state index is 12.6. The number of likely N-dealkylation sites (N-methyl/N-ethyl adjacent to an activating group) is 1. The van der Waals surface area contributed by atoms with E-state index in [1.807, 2.05) is 12.1 Å². The molecule has 1 amide bonds. The SMILES string of the molecule is Cc1ccc(-c2nc(C(=O)Nc3ccc(N4CCN(C)CC4)nc3)cs2)c(C)c1. The van der Waals surface area contributed by atoms with Crippen LogP contribution >= 0.6 is 11.3 Å². The second kappa shape index (κ2) is 8.31. The third kappa shape index (κ3) is 4.46. The summed E-state index contributed by atoms with van der Waals surface area (Å²) < 4.78 is 0. The van der Waals surface area contributed by atoms with Crippen molar-refractivity contribution in [2.24, 2.45) is 0 Å². The third-order valence-corrected chi connectivity index (χ3v) is 6.06. The van der Waals surface area contributed by atoms with Gasteiger partial charge in [-0.1, -0.05) is 23.8 Å². The summed E-state index contributed by atoms with van der Waals surface area (Å²) in [5.74, 6) is 0.730. The molecule has 29 heavy (non-hydrogen) atoms. The van der Waals surface area contributed by atoms with Gasteiger partial charge in [0.25, 0.3) is 5.91 Å². The van der Waals surface area contributed by atoms with E-state index in [-0.39, 0.29) is 5.91 Å². The topological polar surface area (TPSA) is 61.4 Å². The van der Waals surface area contributed by atoms with Crippen LogP contribution in [-0.2, 0) is 0 Å². The Morgan fingerprint density at radius 2 is 1.90 bits per heavy atom. The van der Waals surface area contributed by atoms with E-state index in [0.717, 1.165) is 48.1 Å². The first-order valence-corrected chi connectivity index (χ1v) is 10.6. The lowest BCUT2D eigenvalue weighted by Gasteiger charge is -2.33. The average Bonchev–Trinajstić information content (AvgIpc) is 3.19. The number of hydrogen-bond donors (Lipinski definition) is 1. The van der Waals surface area contributed by atoms with Crippen LogP contribution in [0.5, 0.6) is 0 Å². The molecule has 1 saturated heterocycles. The molecule has 0 atom stereocenters. The van der Waals surface area contributed by atoms with Crippen LogP contribution in [0.25, 0.3) is 10.6 Å². The van der Waals surface area contributed by atoms with Gasteiger partial charge in [-0.3, -0.25) is 4.79 Å². The van der Waals surface area contributed by atoms with Crippen LogP contribution in [-0.4, -0.2) is 54.0 Å². The molecule has 0 radical (unpaired) electrons. The lowest BCUT2D eigenvalue weighted by molar-refractivity contribution is 0.102. The van der Waals surface area contributed by atoms with Gasteiger partial charge in [-0.05, 0) is 38.6 Å². The molecule has 7 heteroatoms. The number of piperazine rings is 1. The van der Waals surface area contributed by atoms with Gasteiger partial charge in [-0.15, -0.1) is 11.3 Å². The Morgan fingerprint density at radius 1 is 1.10 bits per heavy atom. The molecule has 3 aromatic rings. The lowest BCUT2D eigenvalue weighted by atomic mass is 10.1. The van der Waals surface area contributed by atoms with Crippen molar-refractivity contribution in [1.82, 2.24) is 14.9 Å². The van der Waals surface area contributed by atoms with Crippen molar-refractivity contribution in [2.75, 3.05) is 43.4 Å². The number of hydrogen-bond acceptors (Lipinski definition) is 6. The van der Waals surface area contributed by atoms with E-state index in [2.05, 4.69) is 64.2 Å². The van der Waals surface area contributed by atoms with Crippen LogP contribution in [0.4, 0.5) is 11.5 Å². The van der Waals surface area contributed by atoms with Crippen LogP contribution in [0.15, 0.2) is 41.9 Å². The van der Waals surface area contributed by atoms with E-state index in [1.165, 1.54) is 16.9 Å². The number of thiazole rings is 1. The van der Waals surface area contributed by atoms with Gasteiger partial charge in [-0.25, -0.2) is 9.97 Å². The van der Waals surface area contributed by atoms with Crippen molar-refractivity contribution < 1.29 is 4.79 Å². The quantitative estimate of drug-likeness (QED) is 0.712. The number of carbonyl (C=O) groups excluding carboxylic acids is 1. The van der Waals surface area contributed by atoms with E-state index in [1.54, 1.807) is 11.6 Å². The fourth-order valence-corrected chi connectivity index (χ4v) is 4.32. The number of aryl methyl sites for hydroxylation is 2. The highest BCUT2D eigenvalue weighted by molar-refractivity contribution is 7.13. The Labute approximate surface area is 175 Å². The Kier molecular flexibility index (Phi) is 5.60. The number of benzene rings is 1. The summed E-state index contributed by atoms with van der Waals surface area (Å²) in [5.41, 5.74) is 4.54. The molecule has 0 saturated carbocycles. The smallest absolute Gasteiger partial charge is 0.275 e. The van der Waals surface area contributed by atoms with Gasteiger partial charge in [0.15, 0.2) is 0 Å². The second-order valence-electron chi connectivity index (χ2n) is 7.51. The minimum Gasteiger partial charge on any atom is -0.354 e. The molecule has 6 nitrogen and oxygen atoms in total. The average molecular weight is 408 g/mol. The summed E-state index contributed by atoms with van der Waals surface area (Å²) in [7, 11) is 2.13. The highest BCUT2D eigenvalue weighted by Gasteiger charge is 2.16. The number of nitrogens with zero attached hydrogens (tertiary/aromatic N) is 4. The second-order valence-corrected chi connectivity index (χ2v) is 8.36. The zero-order valence-electron chi connectivity index (χ0n) is 17.0. The molecule has 0 unspecified atom stereocenters. The number of aromatic nitrogens is 2. The highest BCUT2D eigenvalue weighted by atomic mass is 32.1. The van der Waals surface area contributed by atoms with Crippen molar-refractivity contribution in [3.05, 3.63) is 58.7 Å². The van der Waals surface area contributed by atoms with Crippen LogP contribution in [0, 0.1) is 13.8 Å². The Hall–Kier alpha value is -2.77. The van der Waals surface area contributed by atoms with E-state index in [4.69, 9.17) is 0 Å². The first-order valence-electron chi connectivity index (χ1n) is 9.73. The van der Waals surface area contributed by atoms with Crippen LogP contribution in [0.3, 0.4) is 0 Å². The van der Waals surface area contributed by atoms with Crippen molar-refractivity contribution in [3.63, 3.8) is 0 Å². The first kappa shape index (κ1) is 19.5. The van der Waals surface area contributed by atoms with Gasteiger partial charge in [0, 0.05) is 37.1 Å². The van der Waals surface area contributed by atoms with E-state index >= 15 is 0 Å². The number of amides is 1. The van der Waals surface area contributed by atoms with Crippen molar-refractivity contribution in [3.8, 4) is 10.6 Å². The molecular formula is C22H25N5OS. The predicted molar refractivity (Wildman–Crippen MR) is 119 cm³/mol. The van der Waals surface area contributed by atoms with Crippen molar-refractivity contribution >= 4 is 28.7 Å². The minimum atomic E-state index is -0.216. The largest absolute Gasteiger partial charge is 0.354 e. The van der Waals surface area contributed by atoms with Crippen molar-refractivity contribution in [2.45, 2.75) is 13.8 Å². The fourth-order valence-electron chi connectivity index (χ4n) is 3.43. The molecule has 1 aliphatic heterocycles. The molecular weight excluding hydrogens is 382 g/mol. The number of carbonyl (C=O) groups is 1. The first-order chi connectivity index (χ1) is 14.0. The zero-order chi connectivity index (χ0) is 20.4. The molecule has 0 bridgehead atoms. The summed E-state index contributed by atoms with van der Waals surface area (Å²) >= 11 is 1.48. The van der Waals surface area contributed by atoms with Gasteiger partial charge in [0.1, 0.15) is 16.5 Å². The molecule has 1 aromatic carbocycles. The molecule has 4 rings (SSSR count). The summed E-state index contributed by atoms with van der Waals surface area (Å²) in [6.45, 7) is 8.14. The van der Waals surface area contributed by atoms with Crippen LogP contribution < -0.4 is 10.2 Å². The van der Waals surface area contributed by atoms with Crippen molar-refractivity contribution in [1.29, 1.82) is 0 Å². The molecule has 0 aliphatic carbocycles. The lowest BCUT2D eigenvalue weighted by Crippen LogP contribution is -2.44. The predicted octanol–water partition coefficient (Wildman–Crippen LogP) is 3.83. The van der Waals surface area contributed by atoms with Gasteiger partial charge in [-0.2, -0.15) is 0 Å². The number of rotatable bonds is 4. The van der Waals surface area contributed by atoms with E-state index in [9.17, 15) is 4.79 Å². The molecule has 3 heterocycles. The summed E-state index contributed by atoms with van der Waals surface area (Å²) in [4.78, 5) is 26.2. The Bertz CT molecular complexity index is 1010. The summed E-state index contributed by atoms with van der Waals surface area (Å²) in [6.07, 6.45) is 1.71. The maximum atomic E-state index is 12.6. The molecule has 0 spiro atoms. The molecule has 1 N–H and O–H groups in total. The monoisotopic (exact) mass is 407 g/mol. The molecule has 2 aromatic heterocycles. The zero-order valence-corrected chi connectivity index (χ0v) is 17.8. The van der Waals surface area contributed by atoms with Crippen LogP contribution in [0.1, 0.15) is 21.6 Å². The normalized spacial score (nSPS) is 14.8. The standard InChI is InChI=1S/C22H25N5OS/c1-15-4-6-18(16(2)12-15)22-25-19(14-29-22)21(28)24-17-5-7-20(23-13-17)27-10-8-26(3)9-11-27/h4-7,12-14H,8-11H2,1-3H3,(H,24,28). The minimum absolute atomic E-state index is 0.216. The maximum Gasteiger partial charge on any atom is 0.275 e.